The molecule has 0 saturated carbocycles. The fraction of sp³-hybridized carbons (Fsp3) is 0. The first kappa shape index (κ1) is 8.77. The van der Waals surface area contributed by atoms with Crippen molar-refractivity contribution in [3.8, 4) is 0 Å². The van der Waals surface area contributed by atoms with Gasteiger partial charge in [0.2, 0.25) is 0 Å². The van der Waals surface area contributed by atoms with E-state index in [-0.39, 0.29) is 5.82 Å². The van der Waals surface area contributed by atoms with Gasteiger partial charge >= 0.3 is 0 Å². The summed E-state index contributed by atoms with van der Waals surface area (Å²) in [6.07, 6.45) is 1.44. The Morgan fingerprint density at radius 3 is 2.92 bits per heavy atom. The van der Waals surface area contributed by atoms with Crippen molar-refractivity contribution in [3.05, 3.63) is 30.3 Å². The summed E-state index contributed by atoms with van der Waals surface area (Å²) >= 11 is 4.02. The fourth-order valence-corrected chi connectivity index (χ4v) is 1.87. The quantitative estimate of drug-likeness (QED) is 0.447. The highest BCUT2D eigenvalue weighted by molar-refractivity contribution is 8.68. The van der Waals surface area contributed by atoms with E-state index in [0.717, 1.165) is 5.52 Å². The highest BCUT2D eigenvalue weighted by atomic mass is 33.1. The minimum Gasteiger partial charge on any atom is -0.236 e. The number of halogens is 1. The van der Waals surface area contributed by atoms with E-state index < -0.39 is 0 Å². The van der Waals surface area contributed by atoms with Gasteiger partial charge in [0.25, 0.3) is 0 Å². The summed E-state index contributed by atoms with van der Waals surface area (Å²) in [4.78, 5) is 7.98. The van der Waals surface area contributed by atoms with E-state index in [9.17, 15) is 4.39 Å². The van der Waals surface area contributed by atoms with E-state index in [4.69, 9.17) is 0 Å². The molecule has 13 heavy (non-hydrogen) atoms. The first-order valence-corrected chi connectivity index (χ1v) is 5.40. The third-order valence-electron chi connectivity index (χ3n) is 1.65. The van der Waals surface area contributed by atoms with Crippen LogP contribution in [0.3, 0.4) is 0 Å². The minimum absolute atomic E-state index is 0.286. The summed E-state index contributed by atoms with van der Waals surface area (Å²) < 4.78 is 12.9. The summed E-state index contributed by atoms with van der Waals surface area (Å²) in [5.74, 6) is -0.286. The molecule has 0 atom stereocenters. The van der Waals surface area contributed by atoms with E-state index in [1.54, 1.807) is 6.07 Å². The van der Waals surface area contributed by atoms with Crippen molar-refractivity contribution in [1.82, 2.24) is 9.97 Å². The van der Waals surface area contributed by atoms with E-state index in [1.807, 2.05) is 0 Å². The summed E-state index contributed by atoms with van der Waals surface area (Å²) in [6.45, 7) is 0. The predicted octanol–water partition coefficient (Wildman–Crippen LogP) is 2.71. The van der Waals surface area contributed by atoms with E-state index >= 15 is 0 Å². The lowest BCUT2D eigenvalue weighted by atomic mass is 10.2. The number of thiol groups is 1. The SMILES string of the molecule is Fc1ccc2ncnc(SS)c2c1. The van der Waals surface area contributed by atoms with E-state index in [0.29, 0.717) is 10.4 Å². The van der Waals surface area contributed by atoms with E-state index in [2.05, 4.69) is 21.6 Å². The smallest absolute Gasteiger partial charge is 0.124 e. The molecule has 2 nitrogen and oxygen atoms in total. The van der Waals surface area contributed by atoms with Gasteiger partial charge in [-0.25, -0.2) is 14.4 Å². The summed E-state index contributed by atoms with van der Waals surface area (Å²) in [6, 6.07) is 4.41. The van der Waals surface area contributed by atoms with Crippen LogP contribution in [-0.4, -0.2) is 9.97 Å². The Morgan fingerprint density at radius 1 is 1.31 bits per heavy atom. The average Bonchev–Trinajstić information content (AvgIpc) is 2.17. The lowest BCUT2D eigenvalue weighted by molar-refractivity contribution is 0.629. The van der Waals surface area contributed by atoms with Gasteiger partial charge < -0.3 is 0 Å². The molecule has 1 aromatic heterocycles. The van der Waals surface area contributed by atoms with Gasteiger partial charge in [-0.15, -0.1) is 11.7 Å². The predicted molar refractivity (Wildman–Crippen MR) is 54.3 cm³/mol. The molecule has 0 bridgehead atoms. The maximum atomic E-state index is 12.9. The molecule has 5 heteroatoms. The minimum atomic E-state index is -0.286. The normalized spacial score (nSPS) is 10.6. The number of hydrogen-bond donors (Lipinski definition) is 1. The van der Waals surface area contributed by atoms with Crippen molar-refractivity contribution in [2.75, 3.05) is 0 Å². The highest BCUT2D eigenvalue weighted by Gasteiger charge is 2.03. The largest absolute Gasteiger partial charge is 0.236 e. The van der Waals surface area contributed by atoms with Crippen LogP contribution in [0, 0.1) is 5.82 Å². The lowest BCUT2D eigenvalue weighted by Crippen LogP contribution is -1.86. The van der Waals surface area contributed by atoms with Gasteiger partial charge in [-0.1, -0.05) is 0 Å². The Labute approximate surface area is 83.4 Å². The molecule has 0 unspecified atom stereocenters. The topological polar surface area (TPSA) is 25.8 Å². The van der Waals surface area contributed by atoms with Crippen molar-refractivity contribution in [3.63, 3.8) is 0 Å². The van der Waals surface area contributed by atoms with Crippen molar-refractivity contribution in [1.29, 1.82) is 0 Å². The maximum Gasteiger partial charge on any atom is 0.124 e. The maximum absolute atomic E-state index is 12.9. The molecule has 2 rings (SSSR count). The molecule has 1 aromatic carbocycles. The molecule has 1 heterocycles. The molecule has 66 valence electrons. The molecule has 0 aliphatic heterocycles. The number of aromatic nitrogens is 2. The number of nitrogens with zero attached hydrogens (tertiary/aromatic N) is 2. The molecule has 0 N–H and O–H groups in total. The number of hydrogen-bond acceptors (Lipinski definition) is 4. The highest BCUT2D eigenvalue weighted by Crippen LogP contribution is 2.26. The number of benzene rings is 1. The van der Waals surface area contributed by atoms with Crippen LogP contribution in [0.2, 0.25) is 0 Å². The van der Waals surface area contributed by atoms with Gasteiger partial charge in [0, 0.05) is 5.39 Å². The molecule has 2 aromatic rings. The third-order valence-corrected chi connectivity index (χ3v) is 2.66. The third kappa shape index (κ3) is 1.62. The van der Waals surface area contributed by atoms with Crippen LogP contribution in [0.4, 0.5) is 4.39 Å². The second kappa shape index (κ2) is 3.51. The molecule has 0 fully saturated rings. The Balaban J connectivity index is 2.79. The zero-order valence-electron chi connectivity index (χ0n) is 6.44. The molecular formula is C8H5FN2S2. The van der Waals surface area contributed by atoms with E-state index in [1.165, 1.54) is 29.3 Å². The first-order chi connectivity index (χ1) is 6.31. The summed E-state index contributed by atoms with van der Waals surface area (Å²) in [5, 5.41) is 1.37. The zero-order valence-corrected chi connectivity index (χ0v) is 8.15. The van der Waals surface area contributed by atoms with Crippen molar-refractivity contribution < 1.29 is 4.39 Å². The number of fused-ring (bicyclic) bond motifs is 1. The second-order valence-corrected chi connectivity index (χ2v) is 3.55. The zero-order chi connectivity index (χ0) is 9.26. The molecule has 0 radical (unpaired) electrons. The van der Waals surface area contributed by atoms with Crippen LogP contribution in [0.1, 0.15) is 0 Å². The standard InChI is InChI=1S/C8H5FN2S2/c9-5-1-2-7-6(3-5)8(13-12)11-4-10-7/h1-4,12H. The Kier molecular flexibility index (Phi) is 2.37. The van der Waals surface area contributed by atoms with Crippen molar-refractivity contribution in [2.24, 2.45) is 0 Å². The van der Waals surface area contributed by atoms with Gasteiger partial charge in [0.15, 0.2) is 0 Å². The van der Waals surface area contributed by atoms with Gasteiger partial charge in [-0.05, 0) is 29.0 Å². The Bertz CT molecular complexity index is 447. The molecule has 0 aliphatic carbocycles. The summed E-state index contributed by atoms with van der Waals surface area (Å²) in [5.41, 5.74) is 0.730. The van der Waals surface area contributed by atoms with Gasteiger partial charge in [0.05, 0.1) is 5.52 Å². The van der Waals surface area contributed by atoms with Crippen LogP contribution >= 0.6 is 22.5 Å². The number of rotatable bonds is 1. The molecule has 0 aliphatic rings. The van der Waals surface area contributed by atoms with Gasteiger partial charge in [-0.3, -0.25) is 0 Å². The van der Waals surface area contributed by atoms with Gasteiger partial charge in [-0.2, -0.15) is 0 Å². The van der Waals surface area contributed by atoms with Crippen LogP contribution in [0.25, 0.3) is 10.9 Å². The van der Waals surface area contributed by atoms with Crippen molar-refractivity contribution >= 4 is 33.4 Å². The summed E-state index contributed by atoms with van der Waals surface area (Å²) in [7, 11) is 1.18. The van der Waals surface area contributed by atoms with Crippen LogP contribution < -0.4 is 0 Å². The molecule has 0 spiro atoms. The van der Waals surface area contributed by atoms with Crippen LogP contribution in [0.5, 0.6) is 0 Å². The van der Waals surface area contributed by atoms with Crippen molar-refractivity contribution in [2.45, 2.75) is 5.03 Å². The monoisotopic (exact) mass is 212 g/mol. The Hall–Kier alpha value is -0.810. The second-order valence-electron chi connectivity index (χ2n) is 2.43. The first-order valence-electron chi connectivity index (χ1n) is 3.53. The molecular weight excluding hydrogens is 207 g/mol. The molecule has 0 saturated heterocycles. The Morgan fingerprint density at radius 2 is 2.15 bits per heavy atom. The molecule has 0 amide bonds. The van der Waals surface area contributed by atoms with Gasteiger partial charge in [0.1, 0.15) is 17.2 Å². The van der Waals surface area contributed by atoms with Crippen LogP contribution in [0.15, 0.2) is 29.6 Å². The fourth-order valence-electron chi connectivity index (χ4n) is 1.08. The van der Waals surface area contributed by atoms with Crippen LogP contribution in [-0.2, 0) is 0 Å². The lowest BCUT2D eigenvalue weighted by Gasteiger charge is -2.00. The average molecular weight is 212 g/mol.